The van der Waals surface area contributed by atoms with Gasteiger partial charge in [-0.15, -0.1) is 0 Å². The Labute approximate surface area is 128 Å². The van der Waals surface area contributed by atoms with Gasteiger partial charge in [0.25, 0.3) is 0 Å². The van der Waals surface area contributed by atoms with Gasteiger partial charge in [0.05, 0.1) is 19.1 Å². The first kappa shape index (κ1) is 15.5. The molecule has 0 saturated carbocycles. The van der Waals surface area contributed by atoms with Crippen molar-refractivity contribution in [2.75, 3.05) is 26.2 Å². The number of hydrogen-bond acceptors (Lipinski definition) is 3. The zero-order valence-electron chi connectivity index (χ0n) is 11.5. The maximum atomic E-state index is 11.8. The second-order valence-corrected chi connectivity index (χ2v) is 5.89. The molecule has 1 aromatic rings. The molecule has 5 heteroatoms. The van der Waals surface area contributed by atoms with Crippen molar-refractivity contribution in [3.05, 3.63) is 34.3 Å². The molecule has 1 saturated heterocycles. The van der Waals surface area contributed by atoms with Gasteiger partial charge in [0.1, 0.15) is 0 Å². The minimum absolute atomic E-state index is 0.0389. The Morgan fingerprint density at radius 3 is 2.95 bits per heavy atom. The highest BCUT2D eigenvalue weighted by molar-refractivity contribution is 9.10. The van der Waals surface area contributed by atoms with Crippen LogP contribution in [-0.2, 0) is 16.0 Å². The lowest BCUT2D eigenvalue weighted by atomic mass is 10.1. The number of halogens is 1. The van der Waals surface area contributed by atoms with E-state index in [2.05, 4.69) is 26.6 Å². The molecule has 1 amide bonds. The highest BCUT2D eigenvalue weighted by Gasteiger charge is 2.12. The van der Waals surface area contributed by atoms with Gasteiger partial charge in [0.2, 0.25) is 5.91 Å². The fourth-order valence-electron chi connectivity index (χ4n) is 2.27. The van der Waals surface area contributed by atoms with E-state index in [1.807, 2.05) is 24.3 Å². The van der Waals surface area contributed by atoms with Gasteiger partial charge in [-0.05, 0) is 43.6 Å². The Kier molecular flexibility index (Phi) is 6.50. The second kappa shape index (κ2) is 8.39. The predicted molar refractivity (Wildman–Crippen MR) is 82.7 cm³/mol. The van der Waals surface area contributed by atoms with Crippen LogP contribution in [-0.4, -0.2) is 38.3 Å². The maximum absolute atomic E-state index is 11.8. The average molecular weight is 341 g/mol. The molecule has 1 heterocycles. The van der Waals surface area contributed by atoms with Gasteiger partial charge in [-0.3, -0.25) is 4.79 Å². The summed E-state index contributed by atoms with van der Waals surface area (Å²) in [7, 11) is 0. The smallest absolute Gasteiger partial charge is 0.224 e. The third-order valence-electron chi connectivity index (χ3n) is 3.32. The van der Waals surface area contributed by atoms with E-state index >= 15 is 0 Å². The molecule has 0 radical (unpaired) electrons. The van der Waals surface area contributed by atoms with Crippen LogP contribution in [0.2, 0.25) is 0 Å². The molecule has 1 aliphatic rings. The van der Waals surface area contributed by atoms with E-state index in [0.717, 1.165) is 36.0 Å². The molecular weight excluding hydrogens is 320 g/mol. The average Bonchev–Trinajstić information content (AvgIpc) is 2.45. The Morgan fingerprint density at radius 2 is 2.20 bits per heavy atom. The van der Waals surface area contributed by atoms with E-state index in [9.17, 15) is 4.79 Å². The molecule has 0 unspecified atom stereocenters. The summed E-state index contributed by atoms with van der Waals surface area (Å²) in [5.74, 6) is 0.0389. The van der Waals surface area contributed by atoms with Crippen molar-refractivity contribution in [2.45, 2.75) is 25.4 Å². The SMILES string of the molecule is O=C(Cc1cccc(Br)c1)NCCOC1CCNCC1. The van der Waals surface area contributed by atoms with Crippen LogP contribution in [0.1, 0.15) is 18.4 Å². The minimum Gasteiger partial charge on any atom is -0.376 e. The molecular formula is C15H21BrN2O2. The van der Waals surface area contributed by atoms with Crippen molar-refractivity contribution in [3.63, 3.8) is 0 Å². The molecule has 110 valence electrons. The summed E-state index contributed by atoms with van der Waals surface area (Å²) in [6.07, 6.45) is 2.88. The molecule has 0 aliphatic carbocycles. The lowest BCUT2D eigenvalue weighted by Crippen LogP contribution is -2.35. The molecule has 1 fully saturated rings. The first-order valence-corrected chi connectivity index (χ1v) is 7.87. The van der Waals surface area contributed by atoms with Crippen molar-refractivity contribution in [1.82, 2.24) is 10.6 Å². The number of ether oxygens (including phenoxy) is 1. The molecule has 0 atom stereocenters. The van der Waals surface area contributed by atoms with Crippen LogP contribution in [0.15, 0.2) is 28.7 Å². The number of rotatable bonds is 6. The molecule has 0 bridgehead atoms. The standard InChI is InChI=1S/C15H21BrN2O2/c16-13-3-1-2-12(10-13)11-15(19)18-8-9-20-14-4-6-17-7-5-14/h1-3,10,14,17H,4-9,11H2,(H,18,19). The molecule has 1 aliphatic heterocycles. The Morgan fingerprint density at radius 1 is 1.40 bits per heavy atom. The van der Waals surface area contributed by atoms with Gasteiger partial charge in [-0.25, -0.2) is 0 Å². The lowest BCUT2D eigenvalue weighted by Gasteiger charge is -2.22. The minimum atomic E-state index is 0.0389. The van der Waals surface area contributed by atoms with Gasteiger partial charge in [0, 0.05) is 11.0 Å². The third kappa shape index (κ3) is 5.61. The van der Waals surface area contributed by atoms with Gasteiger partial charge in [-0.1, -0.05) is 28.1 Å². The summed E-state index contributed by atoms with van der Waals surface area (Å²) in [6.45, 7) is 3.23. The second-order valence-electron chi connectivity index (χ2n) is 4.98. The summed E-state index contributed by atoms with van der Waals surface area (Å²) in [5.41, 5.74) is 1.01. The molecule has 2 rings (SSSR count). The van der Waals surface area contributed by atoms with E-state index in [0.29, 0.717) is 25.7 Å². The normalized spacial score (nSPS) is 16.1. The number of amides is 1. The summed E-state index contributed by atoms with van der Waals surface area (Å²) in [5, 5.41) is 6.20. The largest absolute Gasteiger partial charge is 0.376 e. The number of nitrogens with one attached hydrogen (secondary N) is 2. The van der Waals surface area contributed by atoms with Crippen molar-refractivity contribution in [1.29, 1.82) is 0 Å². The van der Waals surface area contributed by atoms with Gasteiger partial charge >= 0.3 is 0 Å². The molecule has 0 aromatic heterocycles. The Balaban J connectivity index is 1.60. The molecule has 0 spiro atoms. The Bertz CT molecular complexity index is 434. The van der Waals surface area contributed by atoms with Crippen LogP contribution in [0.5, 0.6) is 0 Å². The molecule has 1 aromatic carbocycles. The predicted octanol–water partition coefficient (Wildman–Crippen LogP) is 1.88. The highest BCUT2D eigenvalue weighted by Crippen LogP contribution is 2.12. The van der Waals surface area contributed by atoms with E-state index in [-0.39, 0.29) is 5.91 Å². The lowest BCUT2D eigenvalue weighted by molar-refractivity contribution is -0.120. The zero-order valence-corrected chi connectivity index (χ0v) is 13.1. The first-order valence-electron chi connectivity index (χ1n) is 7.07. The van der Waals surface area contributed by atoms with Crippen LogP contribution in [0.4, 0.5) is 0 Å². The van der Waals surface area contributed by atoms with Crippen LogP contribution < -0.4 is 10.6 Å². The van der Waals surface area contributed by atoms with Crippen LogP contribution in [0, 0.1) is 0 Å². The summed E-state index contributed by atoms with van der Waals surface area (Å²) >= 11 is 3.40. The Hall–Kier alpha value is -0.910. The summed E-state index contributed by atoms with van der Waals surface area (Å²) in [6, 6.07) is 7.81. The highest BCUT2D eigenvalue weighted by atomic mass is 79.9. The van der Waals surface area contributed by atoms with E-state index < -0.39 is 0 Å². The van der Waals surface area contributed by atoms with E-state index in [4.69, 9.17) is 4.74 Å². The number of benzene rings is 1. The molecule has 20 heavy (non-hydrogen) atoms. The van der Waals surface area contributed by atoms with Gasteiger partial charge < -0.3 is 15.4 Å². The molecule has 2 N–H and O–H groups in total. The zero-order chi connectivity index (χ0) is 14.2. The summed E-state index contributed by atoms with van der Waals surface area (Å²) < 4.78 is 6.74. The quantitative estimate of drug-likeness (QED) is 0.777. The van der Waals surface area contributed by atoms with Crippen molar-refractivity contribution in [2.24, 2.45) is 0 Å². The number of hydrogen-bond donors (Lipinski definition) is 2. The maximum Gasteiger partial charge on any atom is 0.224 e. The van der Waals surface area contributed by atoms with Crippen LogP contribution in [0.3, 0.4) is 0 Å². The van der Waals surface area contributed by atoms with Crippen molar-refractivity contribution >= 4 is 21.8 Å². The topological polar surface area (TPSA) is 50.4 Å². The third-order valence-corrected chi connectivity index (χ3v) is 3.81. The monoisotopic (exact) mass is 340 g/mol. The first-order chi connectivity index (χ1) is 9.74. The van der Waals surface area contributed by atoms with Gasteiger partial charge in [-0.2, -0.15) is 0 Å². The van der Waals surface area contributed by atoms with E-state index in [1.54, 1.807) is 0 Å². The van der Waals surface area contributed by atoms with Crippen molar-refractivity contribution in [3.8, 4) is 0 Å². The van der Waals surface area contributed by atoms with Crippen molar-refractivity contribution < 1.29 is 9.53 Å². The number of carbonyl (C=O) groups excluding carboxylic acids is 1. The van der Waals surface area contributed by atoms with Crippen LogP contribution in [0.25, 0.3) is 0 Å². The van der Waals surface area contributed by atoms with E-state index in [1.165, 1.54) is 0 Å². The summed E-state index contributed by atoms with van der Waals surface area (Å²) in [4.78, 5) is 11.8. The fraction of sp³-hybridized carbons (Fsp3) is 0.533. The van der Waals surface area contributed by atoms with Crippen LogP contribution >= 0.6 is 15.9 Å². The fourth-order valence-corrected chi connectivity index (χ4v) is 2.72. The number of carbonyl (C=O) groups is 1. The van der Waals surface area contributed by atoms with Gasteiger partial charge in [0.15, 0.2) is 0 Å². The number of piperidine rings is 1. The molecule has 4 nitrogen and oxygen atoms in total.